The fraction of sp³-hybridized carbons (Fsp3) is 0.556. The minimum absolute atomic E-state index is 0.00105. The van der Waals surface area contributed by atoms with Crippen LogP contribution in [-0.2, 0) is 4.74 Å². The first kappa shape index (κ1) is 15.1. The van der Waals surface area contributed by atoms with Crippen molar-refractivity contribution in [2.24, 2.45) is 16.7 Å². The van der Waals surface area contributed by atoms with Gasteiger partial charge in [-0.2, -0.15) is 0 Å². The van der Waals surface area contributed by atoms with Crippen molar-refractivity contribution in [3.8, 4) is 0 Å². The first-order valence-corrected chi connectivity index (χ1v) is 7.76. The lowest BCUT2D eigenvalue weighted by atomic mass is 9.71. The van der Waals surface area contributed by atoms with Crippen LogP contribution in [0.3, 0.4) is 0 Å². The molecule has 1 N–H and O–H groups in total. The number of aromatic carboxylic acids is 1. The molecular formula is C18H22O4. The average molecular weight is 302 g/mol. The number of rotatable bonds is 3. The third kappa shape index (κ3) is 2.31. The van der Waals surface area contributed by atoms with E-state index in [1.54, 1.807) is 12.1 Å². The molecule has 1 aromatic rings. The second-order valence-electron chi connectivity index (χ2n) is 7.70. The van der Waals surface area contributed by atoms with Gasteiger partial charge in [0, 0.05) is 5.41 Å². The first-order chi connectivity index (χ1) is 10.2. The Morgan fingerprint density at radius 1 is 1.18 bits per heavy atom. The van der Waals surface area contributed by atoms with Gasteiger partial charge in [0.25, 0.3) is 0 Å². The number of esters is 1. The molecule has 2 aliphatic carbocycles. The highest BCUT2D eigenvalue weighted by atomic mass is 16.5. The average Bonchev–Trinajstić information content (AvgIpc) is 2.86. The van der Waals surface area contributed by atoms with Gasteiger partial charge in [-0.25, -0.2) is 9.59 Å². The standard InChI is InChI=1S/C18H22O4/c1-17(2)10-18(3)9-11(17)8-14(18)22-16(21)13-7-5-4-6-12(13)15(19)20/h4-7,11,14H,8-10H2,1-3H3,(H,19,20)/t11-,14-,18-/m0/s1. The summed E-state index contributed by atoms with van der Waals surface area (Å²) < 4.78 is 5.72. The van der Waals surface area contributed by atoms with Gasteiger partial charge >= 0.3 is 11.9 Å². The molecule has 0 spiro atoms. The number of ether oxygens (including phenoxy) is 1. The van der Waals surface area contributed by atoms with Gasteiger partial charge in [-0.1, -0.05) is 32.9 Å². The Kier molecular flexibility index (Phi) is 3.31. The van der Waals surface area contributed by atoms with Crippen LogP contribution >= 0.6 is 0 Å². The number of fused-ring (bicyclic) bond motifs is 2. The van der Waals surface area contributed by atoms with Gasteiger partial charge in [-0.3, -0.25) is 0 Å². The molecule has 0 aliphatic heterocycles. The lowest BCUT2D eigenvalue weighted by Crippen LogP contribution is -2.37. The van der Waals surface area contributed by atoms with Crippen molar-refractivity contribution in [2.45, 2.75) is 46.1 Å². The molecule has 2 saturated carbocycles. The Hall–Kier alpha value is -1.84. The summed E-state index contributed by atoms with van der Waals surface area (Å²) in [6.45, 7) is 6.74. The van der Waals surface area contributed by atoms with Gasteiger partial charge in [-0.15, -0.1) is 0 Å². The van der Waals surface area contributed by atoms with E-state index in [-0.39, 0.29) is 22.6 Å². The molecule has 1 aromatic carbocycles. The van der Waals surface area contributed by atoms with Crippen molar-refractivity contribution < 1.29 is 19.4 Å². The molecule has 3 rings (SSSR count). The Morgan fingerprint density at radius 2 is 1.82 bits per heavy atom. The number of hydrogen-bond acceptors (Lipinski definition) is 3. The number of carboxylic acids is 1. The molecule has 2 aliphatic rings. The first-order valence-electron chi connectivity index (χ1n) is 7.76. The Morgan fingerprint density at radius 3 is 2.32 bits per heavy atom. The third-order valence-corrected chi connectivity index (χ3v) is 5.58. The van der Waals surface area contributed by atoms with E-state index in [1.165, 1.54) is 12.1 Å². The second-order valence-corrected chi connectivity index (χ2v) is 7.70. The van der Waals surface area contributed by atoms with Crippen molar-refractivity contribution in [2.75, 3.05) is 0 Å². The molecule has 0 radical (unpaired) electrons. The van der Waals surface area contributed by atoms with E-state index in [0.717, 1.165) is 19.3 Å². The summed E-state index contributed by atoms with van der Waals surface area (Å²) >= 11 is 0. The molecule has 0 aromatic heterocycles. The summed E-state index contributed by atoms with van der Waals surface area (Å²) in [5.74, 6) is -1.05. The van der Waals surface area contributed by atoms with Crippen molar-refractivity contribution in [3.63, 3.8) is 0 Å². The maximum atomic E-state index is 12.4. The van der Waals surface area contributed by atoms with E-state index in [1.807, 2.05) is 0 Å². The lowest BCUT2D eigenvalue weighted by molar-refractivity contribution is -0.0222. The van der Waals surface area contributed by atoms with E-state index >= 15 is 0 Å². The summed E-state index contributed by atoms with van der Waals surface area (Å²) in [6.07, 6.45) is 2.89. The minimum Gasteiger partial charge on any atom is -0.478 e. The molecule has 2 fully saturated rings. The summed E-state index contributed by atoms with van der Waals surface area (Å²) in [7, 11) is 0. The van der Waals surface area contributed by atoms with Gasteiger partial charge < -0.3 is 9.84 Å². The number of benzene rings is 1. The van der Waals surface area contributed by atoms with Crippen LogP contribution in [0.5, 0.6) is 0 Å². The number of carbonyl (C=O) groups excluding carboxylic acids is 1. The highest BCUT2D eigenvalue weighted by Crippen LogP contribution is 2.63. The van der Waals surface area contributed by atoms with Crippen molar-refractivity contribution >= 4 is 11.9 Å². The lowest BCUT2D eigenvalue weighted by Gasteiger charge is -2.38. The molecule has 4 nitrogen and oxygen atoms in total. The van der Waals surface area contributed by atoms with Crippen molar-refractivity contribution in [3.05, 3.63) is 35.4 Å². The van der Waals surface area contributed by atoms with Gasteiger partial charge in [0.05, 0.1) is 11.1 Å². The van der Waals surface area contributed by atoms with Crippen LogP contribution in [-0.4, -0.2) is 23.1 Å². The van der Waals surface area contributed by atoms with Crippen LogP contribution in [0.4, 0.5) is 0 Å². The summed E-state index contributed by atoms with van der Waals surface area (Å²) in [4.78, 5) is 23.7. The Labute approximate surface area is 130 Å². The van der Waals surface area contributed by atoms with E-state index in [9.17, 15) is 14.7 Å². The summed E-state index contributed by atoms with van der Waals surface area (Å²) in [5.41, 5.74) is 0.459. The zero-order valence-electron chi connectivity index (χ0n) is 13.3. The van der Waals surface area contributed by atoms with Gasteiger partial charge in [0.1, 0.15) is 6.10 Å². The van der Waals surface area contributed by atoms with Crippen molar-refractivity contribution in [1.29, 1.82) is 0 Å². The Bertz CT molecular complexity index is 634. The zero-order chi connectivity index (χ0) is 16.1. The smallest absolute Gasteiger partial charge is 0.339 e. The number of carboxylic acid groups (broad SMARTS) is 1. The molecule has 2 bridgehead atoms. The van der Waals surface area contributed by atoms with Crippen LogP contribution in [0.2, 0.25) is 0 Å². The summed E-state index contributed by atoms with van der Waals surface area (Å²) in [5, 5.41) is 9.19. The van der Waals surface area contributed by atoms with Crippen LogP contribution in [0, 0.1) is 16.7 Å². The molecule has 0 amide bonds. The molecule has 0 saturated heterocycles. The third-order valence-electron chi connectivity index (χ3n) is 5.58. The fourth-order valence-corrected chi connectivity index (χ4v) is 4.52. The molecule has 0 unspecified atom stereocenters. The summed E-state index contributed by atoms with van der Waals surface area (Å²) in [6, 6.07) is 6.23. The van der Waals surface area contributed by atoms with Gasteiger partial charge in [-0.05, 0) is 42.7 Å². The highest BCUT2D eigenvalue weighted by Gasteiger charge is 2.58. The molecular weight excluding hydrogens is 280 g/mol. The molecule has 3 atom stereocenters. The largest absolute Gasteiger partial charge is 0.478 e. The quantitative estimate of drug-likeness (QED) is 0.864. The Balaban J connectivity index is 1.79. The molecule has 0 heterocycles. The maximum absolute atomic E-state index is 12.4. The number of carbonyl (C=O) groups is 2. The molecule has 118 valence electrons. The van der Waals surface area contributed by atoms with E-state index in [2.05, 4.69) is 20.8 Å². The normalized spacial score (nSPS) is 32.0. The topological polar surface area (TPSA) is 63.6 Å². The fourth-order valence-electron chi connectivity index (χ4n) is 4.52. The molecule has 22 heavy (non-hydrogen) atoms. The van der Waals surface area contributed by atoms with Crippen LogP contribution in [0.25, 0.3) is 0 Å². The van der Waals surface area contributed by atoms with Crippen LogP contribution < -0.4 is 0 Å². The van der Waals surface area contributed by atoms with Crippen molar-refractivity contribution in [1.82, 2.24) is 0 Å². The zero-order valence-corrected chi connectivity index (χ0v) is 13.3. The van der Waals surface area contributed by atoms with E-state index < -0.39 is 11.9 Å². The predicted octanol–water partition coefficient (Wildman–Crippen LogP) is 3.76. The highest BCUT2D eigenvalue weighted by molar-refractivity contribution is 6.02. The van der Waals surface area contributed by atoms with Crippen LogP contribution in [0.15, 0.2) is 24.3 Å². The molecule has 4 heteroatoms. The minimum atomic E-state index is -1.10. The van der Waals surface area contributed by atoms with E-state index in [0.29, 0.717) is 11.3 Å². The number of hydrogen-bond donors (Lipinski definition) is 1. The van der Waals surface area contributed by atoms with Crippen LogP contribution in [0.1, 0.15) is 60.7 Å². The van der Waals surface area contributed by atoms with Gasteiger partial charge in [0.2, 0.25) is 0 Å². The maximum Gasteiger partial charge on any atom is 0.339 e. The SMILES string of the molecule is CC1(C)C[C@]2(C)C[C@@H]1C[C@@H]2OC(=O)c1ccccc1C(=O)O. The van der Waals surface area contributed by atoms with Gasteiger partial charge in [0.15, 0.2) is 0 Å². The predicted molar refractivity (Wildman–Crippen MR) is 81.8 cm³/mol. The van der Waals surface area contributed by atoms with E-state index in [4.69, 9.17) is 4.74 Å². The second kappa shape index (κ2) is 4.83. The monoisotopic (exact) mass is 302 g/mol.